The zero-order valence-electron chi connectivity index (χ0n) is 11.5. The normalized spacial score (nSPS) is 10.2. The highest BCUT2D eigenvalue weighted by molar-refractivity contribution is 6.08. The highest BCUT2D eigenvalue weighted by Crippen LogP contribution is 2.28. The van der Waals surface area contributed by atoms with E-state index in [2.05, 4.69) is 20.7 Å². The number of hydrogen-bond donors (Lipinski definition) is 2. The van der Waals surface area contributed by atoms with Gasteiger partial charge >= 0.3 is 0 Å². The van der Waals surface area contributed by atoms with Crippen LogP contribution in [0.5, 0.6) is 0 Å². The number of amides is 1. The Morgan fingerprint density at radius 2 is 2.24 bits per heavy atom. The van der Waals surface area contributed by atoms with Crippen molar-refractivity contribution < 1.29 is 9.72 Å². The maximum atomic E-state index is 12.3. The first-order chi connectivity index (χ1) is 10.0. The van der Waals surface area contributed by atoms with Crippen LogP contribution in [0, 0.1) is 10.1 Å². The van der Waals surface area contributed by atoms with Gasteiger partial charge in [-0.2, -0.15) is 10.1 Å². The largest absolute Gasteiger partial charge is 0.379 e. The molecule has 1 aromatic heterocycles. The molecule has 0 saturated heterocycles. The Balaban J connectivity index is 2.38. The van der Waals surface area contributed by atoms with Gasteiger partial charge in [-0.05, 0) is 13.0 Å². The van der Waals surface area contributed by atoms with Gasteiger partial charge in [0.25, 0.3) is 11.6 Å². The number of carbonyl (C=O) groups is 1. The van der Waals surface area contributed by atoms with Crippen LogP contribution in [0.25, 0.3) is 0 Å². The number of aryl methyl sites for hydroxylation is 1. The number of para-hydroxylation sites is 1. The highest BCUT2D eigenvalue weighted by Gasteiger charge is 2.21. The summed E-state index contributed by atoms with van der Waals surface area (Å²) >= 11 is 0. The molecule has 0 unspecified atom stereocenters. The van der Waals surface area contributed by atoms with Crippen LogP contribution in [-0.4, -0.2) is 32.1 Å². The molecule has 1 aromatic carbocycles. The lowest BCUT2D eigenvalue weighted by Gasteiger charge is -2.10. The number of nitrogens with zero attached hydrogens (tertiary/aromatic N) is 4. The molecule has 1 heterocycles. The van der Waals surface area contributed by atoms with Crippen LogP contribution in [0.4, 0.5) is 17.3 Å². The van der Waals surface area contributed by atoms with Crippen molar-refractivity contribution in [3.8, 4) is 0 Å². The number of anilines is 2. The van der Waals surface area contributed by atoms with Crippen molar-refractivity contribution in [3.05, 3.63) is 40.2 Å². The molecule has 0 fully saturated rings. The van der Waals surface area contributed by atoms with E-state index in [-0.39, 0.29) is 22.9 Å². The first-order valence-electron chi connectivity index (χ1n) is 6.21. The highest BCUT2D eigenvalue weighted by atomic mass is 16.6. The van der Waals surface area contributed by atoms with Gasteiger partial charge in [-0.1, -0.05) is 6.07 Å². The molecule has 9 heteroatoms. The number of rotatable bonds is 5. The molecule has 2 N–H and O–H groups in total. The fraction of sp³-hybridized carbons (Fsp3) is 0.250. The molecule has 0 aliphatic heterocycles. The number of hydrogen-bond acceptors (Lipinski definition) is 6. The Kier molecular flexibility index (Phi) is 4.12. The van der Waals surface area contributed by atoms with E-state index in [1.54, 1.807) is 14.0 Å². The van der Waals surface area contributed by atoms with Crippen LogP contribution in [0.2, 0.25) is 0 Å². The minimum absolute atomic E-state index is 0.150. The molecule has 2 aromatic rings. The lowest BCUT2D eigenvalue weighted by molar-refractivity contribution is -0.384. The van der Waals surface area contributed by atoms with Gasteiger partial charge in [-0.15, -0.1) is 0 Å². The maximum Gasteiger partial charge on any atom is 0.293 e. The average Bonchev–Trinajstić information content (AvgIpc) is 2.84. The molecule has 0 aliphatic carbocycles. The lowest BCUT2D eigenvalue weighted by Crippen LogP contribution is -2.18. The number of nitrogens with one attached hydrogen (secondary N) is 2. The van der Waals surface area contributed by atoms with E-state index in [4.69, 9.17) is 0 Å². The van der Waals surface area contributed by atoms with Gasteiger partial charge in [0.15, 0.2) is 0 Å². The number of nitro groups is 1. The first kappa shape index (κ1) is 14.4. The van der Waals surface area contributed by atoms with E-state index in [0.29, 0.717) is 6.54 Å². The van der Waals surface area contributed by atoms with E-state index < -0.39 is 10.8 Å². The standard InChI is InChI=1S/C12H14N6O3/c1-3-13-10-8(5-4-6-9(10)18(20)21)11(19)16-12-14-7-15-17(12)2/h4-7,13H,3H2,1-2H3,(H,14,15,16,19). The Hall–Kier alpha value is -2.97. The Labute approximate surface area is 120 Å². The van der Waals surface area contributed by atoms with Crippen molar-refractivity contribution in [2.75, 3.05) is 17.2 Å². The molecule has 0 bridgehead atoms. The molecule has 21 heavy (non-hydrogen) atoms. The van der Waals surface area contributed by atoms with Gasteiger partial charge in [0, 0.05) is 19.7 Å². The Bertz CT molecular complexity index is 681. The monoisotopic (exact) mass is 290 g/mol. The van der Waals surface area contributed by atoms with Crippen molar-refractivity contribution in [2.24, 2.45) is 7.05 Å². The van der Waals surface area contributed by atoms with E-state index in [0.717, 1.165) is 0 Å². The third-order valence-corrected chi connectivity index (χ3v) is 2.77. The molecule has 110 valence electrons. The van der Waals surface area contributed by atoms with Crippen LogP contribution < -0.4 is 10.6 Å². The van der Waals surface area contributed by atoms with Crippen LogP contribution in [0.15, 0.2) is 24.5 Å². The fourth-order valence-electron chi connectivity index (χ4n) is 1.82. The van der Waals surface area contributed by atoms with E-state index in [9.17, 15) is 14.9 Å². The Morgan fingerprint density at radius 1 is 1.48 bits per heavy atom. The quantitative estimate of drug-likeness (QED) is 0.635. The second-order valence-electron chi connectivity index (χ2n) is 4.15. The minimum Gasteiger partial charge on any atom is -0.379 e. The summed E-state index contributed by atoms with van der Waals surface area (Å²) in [5.74, 6) is -0.236. The third kappa shape index (κ3) is 2.96. The molecule has 0 aliphatic rings. The van der Waals surface area contributed by atoms with Gasteiger partial charge in [-0.3, -0.25) is 20.2 Å². The minimum atomic E-state index is -0.531. The number of nitro benzene ring substituents is 1. The predicted molar refractivity (Wildman–Crippen MR) is 76.2 cm³/mol. The van der Waals surface area contributed by atoms with Gasteiger partial charge in [0.2, 0.25) is 5.95 Å². The summed E-state index contributed by atoms with van der Waals surface area (Å²) in [4.78, 5) is 26.7. The molecule has 0 saturated carbocycles. The average molecular weight is 290 g/mol. The van der Waals surface area contributed by atoms with Gasteiger partial charge in [0.05, 0.1) is 10.5 Å². The van der Waals surface area contributed by atoms with Crippen molar-refractivity contribution in [1.29, 1.82) is 0 Å². The van der Waals surface area contributed by atoms with Crippen LogP contribution in [0.1, 0.15) is 17.3 Å². The van der Waals surface area contributed by atoms with Gasteiger partial charge in [-0.25, -0.2) is 4.68 Å². The lowest BCUT2D eigenvalue weighted by atomic mass is 10.1. The molecule has 1 amide bonds. The summed E-state index contributed by atoms with van der Waals surface area (Å²) in [7, 11) is 1.63. The number of carbonyl (C=O) groups excluding carboxylic acids is 1. The molecular formula is C12H14N6O3. The predicted octanol–water partition coefficient (Wildman–Crippen LogP) is 1.41. The van der Waals surface area contributed by atoms with E-state index in [1.807, 2.05) is 0 Å². The summed E-state index contributed by atoms with van der Waals surface area (Å²) < 4.78 is 1.39. The molecule has 0 atom stereocenters. The van der Waals surface area contributed by atoms with E-state index >= 15 is 0 Å². The zero-order chi connectivity index (χ0) is 15.4. The van der Waals surface area contributed by atoms with Crippen LogP contribution in [-0.2, 0) is 7.05 Å². The number of benzene rings is 1. The second-order valence-corrected chi connectivity index (χ2v) is 4.15. The fourth-order valence-corrected chi connectivity index (χ4v) is 1.82. The van der Waals surface area contributed by atoms with Crippen LogP contribution in [0.3, 0.4) is 0 Å². The number of aromatic nitrogens is 3. The summed E-state index contributed by atoms with van der Waals surface area (Å²) in [6, 6.07) is 4.32. The second kappa shape index (κ2) is 5.99. The van der Waals surface area contributed by atoms with E-state index in [1.165, 1.54) is 29.2 Å². The molecule has 9 nitrogen and oxygen atoms in total. The summed E-state index contributed by atoms with van der Waals surface area (Å²) in [5, 5.41) is 20.3. The summed E-state index contributed by atoms with van der Waals surface area (Å²) in [6.45, 7) is 2.25. The first-order valence-corrected chi connectivity index (χ1v) is 6.21. The van der Waals surface area contributed by atoms with Crippen molar-refractivity contribution in [3.63, 3.8) is 0 Å². The van der Waals surface area contributed by atoms with Crippen LogP contribution >= 0.6 is 0 Å². The van der Waals surface area contributed by atoms with Crippen molar-refractivity contribution >= 4 is 23.2 Å². The summed E-state index contributed by atoms with van der Waals surface area (Å²) in [5.41, 5.74) is 0.209. The third-order valence-electron chi connectivity index (χ3n) is 2.77. The summed E-state index contributed by atoms with van der Waals surface area (Å²) in [6.07, 6.45) is 1.30. The zero-order valence-corrected chi connectivity index (χ0v) is 11.5. The van der Waals surface area contributed by atoms with Crippen molar-refractivity contribution in [2.45, 2.75) is 6.92 Å². The topological polar surface area (TPSA) is 115 Å². The smallest absolute Gasteiger partial charge is 0.293 e. The van der Waals surface area contributed by atoms with Gasteiger partial charge < -0.3 is 5.32 Å². The Morgan fingerprint density at radius 3 is 2.81 bits per heavy atom. The van der Waals surface area contributed by atoms with Gasteiger partial charge in [0.1, 0.15) is 12.0 Å². The molecule has 0 radical (unpaired) electrons. The molecular weight excluding hydrogens is 276 g/mol. The molecule has 2 rings (SSSR count). The van der Waals surface area contributed by atoms with Crippen molar-refractivity contribution in [1.82, 2.24) is 14.8 Å². The SMILES string of the molecule is CCNc1c(C(=O)Nc2ncnn2C)cccc1[N+](=O)[O-]. The molecule has 0 spiro atoms. The maximum absolute atomic E-state index is 12.3.